The molecule has 2 saturated heterocycles. The molecule has 2 aliphatic rings. The minimum atomic E-state index is -3.90. The smallest absolute Gasteiger partial charge is 0.281 e. The monoisotopic (exact) mass is 573 g/mol. The maximum Gasteiger partial charge on any atom is 0.281 e. The highest BCUT2D eigenvalue weighted by Gasteiger charge is 2.50. The molecule has 2 aliphatic heterocycles. The van der Waals surface area contributed by atoms with Crippen LogP contribution >= 0.6 is 27.3 Å². The summed E-state index contributed by atoms with van der Waals surface area (Å²) in [5.41, 5.74) is 2.34. The second kappa shape index (κ2) is 10.3. The Bertz CT molecular complexity index is 1020. The number of ether oxygens (including phenoxy) is 1. The minimum Gasteiger partial charge on any atom is -0.350 e. The number of sulfone groups is 1. The molecule has 3 heterocycles. The molecule has 14 heteroatoms. The Morgan fingerprint density at radius 2 is 2.12 bits per heavy atom. The van der Waals surface area contributed by atoms with Gasteiger partial charge in [0, 0.05) is 45.1 Å². The molecule has 1 aromatic rings. The van der Waals surface area contributed by atoms with Crippen LogP contribution < -0.4 is 5.48 Å². The van der Waals surface area contributed by atoms with Gasteiger partial charge in [0.25, 0.3) is 10.2 Å². The van der Waals surface area contributed by atoms with Gasteiger partial charge in [-0.25, -0.2) is 18.7 Å². The van der Waals surface area contributed by atoms with Gasteiger partial charge in [-0.1, -0.05) is 0 Å². The third-order valence-electron chi connectivity index (χ3n) is 5.67. The van der Waals surface area contributed by atoms with Gasteiger partial charge in [0.15, 0.2) is 16.1 Å². The Hall–Kier alpha value is -0.610. The molecular weight excluding hydrogens is 546 g/mol. The molecule has 182 valence electrons. The molecule has 2 fully saturated rings. The van der Waals surface area contributed by atoms with E-state index in [0.29, 0.717) is 17.9 Å². The van der Waals surface area contributed by atoms with Gasteiger partial charge < -0.3 is 4.74 Å². The molecular formula is C18H28BrN3O7S3. The second-order valence-corrected chi connectivity index (χ2v) is 15.0. The van der Waals surface area contributed by atoms with Crippen molar-refractivity contribution in [3.05, 3.63) is 20.8 Å². The predicted molar refractivity (Wildman–Crippen MR) is 124 cm³/mol. The lowest BCUT2D eigenvalue weighted by molar-refractivity contribution is -0.200. The first-order chi connectivity index (χ1) is 15.0. The summed E-state index contributed by atoms with van der Waals surface area (Å²) in [4.78, 5) is 18.6. The van der Waals surface area contributed by atoms with Crippen LogP contribution in [0.2, 0.25) is 0 Å². The zero-order valence-electron chi connectivity index (χ0n) is 18.0. The van der Waals surface area contributed by atoms with E-state index < -0.39 is 42.7 Å². The van der Waals surface area contributed by atoms with Crippen molar-refractivity contribution in [2.24, 2.45) is 0 Å². The first-order valence-electron chi connectivity index (χ1n) is 10.2. The highest BCUT2D eigenvalue weighted by Crippen LogP contribution is 2.44. The number of thiophene rings is 1. The average Bonchev–Trinajstić information content (AvgIpc) is 3.12. The van der Waals surface area contributed by atoms with Gasteiger partial charge in [-0.3, -0.25) is 4.79 Å². The molecule has 2 unspecified atom stereocenters. The first-order valence-corrected chi connectivity index (χ1v) is 14.9. The van der Waals surface area contributed by atoms with Gasteiger partial charge in [-0.2, -0.15) is 17.0 Å². The van der Waals surface area contributed by atoms with E-state index in [-0.39, 0.29) is 25.9 Å². The maximum absolute atomic E-state index is 13.5. The summed E-state index contributed by atoms with van der Waals surface area (Å²) in [5, 5.41) is 0. The van der Waals surface area contributed by atoms with Crippen molar-refractivity contribution in [2.75, 3.05) is 39.5 Å². The second-order valence-electron chi connectivity index (χ2n) is 7.97. The van der Waals surface area contributed by atoms with Crippen molar-refractivity contribution < 1.29 is 31.2 Å². The molecule has 0 aromatic carbocycles. The number of hydrogen-bond donors (Lipinski definition) is 1. The average molecular weight is 575 g/mol. The number of amides is 1. The molecule has 2 atom stereocenters. The van der Waals surface area contributed by atoms with Crippen molar-refractivity contribution in [3.8, 4) is 0 Å². The molecule has 1 aromatic heterocycles. The van der Waals surface area contributed by atoms with E-state index in [1.807, 2.05) is 0 Å². The van der Waals surface area contributed by atoms with Crippen molar-refractivity contribution >= 4 is 53.2 Å². The topological polar surface area (TPSA) is 122 Å². The fourth-order valence-corrected chi connectivity index (χ4v) is 9.01. The normalized spacial score (nSPS) is 27.2. The third kappa shape index (κ3) is 5.54. The Morgan fingerprint density at radius 3 is 2.72 bits per heavy atom. The standard InChI is InChI=1S/C18H28BrN3O7S3/c1-21(2)32(26,27)22-9-8-18(31(24,25)12-10-22,14-6-7-15(19)30-14)13-16(23)20-29-17-5-3-4-11-28-17/h6-7,17H,3-5,8-13H2,1-2H3,(H,20,23). The molecule has 10 nitrogen and oxygen atoms in total. The first kappa shape index (κ1) is 26.0. The zero-order chi connectivity index (χ0) is 23.6. The fourth-order valence-electron chi connectivity index (χ4n) is 3.80. The van der Waals surface area contributed by atoms with Crippen LogP contribution in [0, 0.1) is 0 Å². The van der Waals surface area contributed by atoms with Crippen molar-refractivity contribution in [1.82, 2.24) is 14.1 Å². The maximum atomic E-state index is 13.5. The van der Waals surface area contributed by atoms with E-state index in [1.165, 1.54) is 25.4 Å². The Labute approximate surface area is 201 Å². The summed E-state index contributed by atoms with van der Waals surface area (Å²) in [6.45, 7) is 0.332. The molecule has 0 spiro atoms. The summed E-state index contributed by atoms with van der Waals surface area (Å²) in [5.74, 6) is -0.994. The van der Waals surface area contributed by atoms with E-state index in [2.05, 4.69) is 21.4 Å². The number of hydroxylamine groups is 1. The van der Waals surface area contributed by atoms with Crippen LogP contribution in [0.1, 0.15) is 37.0 Å². The zero-order valence-corrected chi connectivity index (χ0v) is 22.0. The number of carbonyl (C=O) groups excluding carboxylic acids is 1. The van der Waals surface area contributed by atoms with Crippen LogP contribution in [-0.4, -0.2) is 77.2 Å². The SMILES string of the molecule is CN(C)S(=O)(=O)N1CCC(CC(=O)NOC2CCCCO2)(c2ccc(Br)s2)S(=O)(=O)CC1. The molecule has 0 bridgehead atoms. The van der Waals surface area contributed by atoms with Gasteiger partial charge in [-0.05, 0) is 47.3 Å². The van der Waals surface area contributed by atoms with Crippen LogP contribution in [0.25, 0.3) is 0 Å². The van der Waals surface area contributed by atoms with Crippen molar-refractivity contribution in [2.45, 2.75) is 43.1 Å². The molecule has 3 rings (SSSR count). The number of nitrogens with one attached hydrogen (secondary N) is 1. The molecule has 0 aliphatic carbocycles. The molecule has 1 N–H and O–H groups in total. The Kier molecular flexibility index (Phi) is 8.40. The van der Waals surface area contributed by atoms with Crippen molar-refractivity contribution in [3.63, 3.8) is 0 Å². The summed E-state index contributed by atoms with van der Waals surface area (Å²) in [7, 11) is -4.90. The van der Waals surface area contributed by atoms with E-state index in [1.54, 1.807) is 12.1 Å². The largest absolute Gasteiger partial charge is 0.350 e. The van der Waals surface area contributed by atoms with Crippen LogP contribution in [-0.2, 0) is 39.2 Å². The van der Waals surface area contributed by atoms with Crippen LogP contribution in [0.4, 0.5) is 0 Å². The fraction of sp³-hybridized carbons (Fsp3) is 0.722. The number of carbonyl (C=O) groups is 1. The summed E-state index contributed by atoms with van der Waals surface area (Å²) in [6, 6.07) is 3.39. The Morgan fingerprint density at radius 1 is 1.38 bits per heavy atom. The highest BCUT2D eigenvalue weighted by molar-refractivity contribution is 9.11. The Balaban J connectivity index is 1.87. The highest BCUT2D eigenvalue weighted by atomic mass is 79.9. The van der Waals surface area contributed by atoms with Crippen LogP contribution in [0.5, 0.6) is 0 Å². The summed E-state index contributed by atoms with van der Waals surface area (Å²) in [6.07, 6.45) is 1.48. The third-order valence-corrected chi connectivity index (χ3v) is 12.0. The van der Waals surface area contributed by atoms with Crippen LogP contribution in [0.15, 0.2) is 15.9 Å². The minimum absolute atomic E-state index is 0.0326. The van der Waals surface area contributed by atoms with E-state index in [9.17, 15) is 21.6 Å². The number of nitrogens with zero attached hydrogens (tertiary/aromatic N) is 2. The summed E-state index contributed by atoms with van der Waals surface area (Å²) >= 11 is 4.58. The quantitative estimate of drug-likeness (QED) is 0.491. The van der Waals surface area contributed by atoms with E-state index in [0.717, 1.165) is 25.2 Å². The van der Waals surface area contributed by atoms with E-state index in [4.69, 9.17) is 9.57 Å². The summed E-state index contributed by atoms with van der Waals surface area (Å²) < 4.78 is 59.1. The lowest BCUT2D eigenvalue weighted by Crippen LogP contribution is -2.43. The van der Waals surface area contributed by atoms with Crippen LogP contribution in [0.3, 0.4) is 0 Å². The molecule has 32 heavy (non-hydrogen) atoms. The molecule has 0 saturated carbocycles. The van der Waals surface area contributed by atoms with Gasteiger partial charge >= 0.3 is 0 Å². The van der Waals surface area contributed by atoms with Crippen molar-refractivity contribution in [1.29, 1.82) is 0 Å². The number of rotatable bonds is 7. The van der Waals surface area contributed by atoms with Gasteiger partial charge in [0.2, 0.25) is 5.91 Å². The predicted octanol–water partition coefficient (Wildman–Crippen LogP) is 1.60. The van der Waals surface area contributed by atoms with Gasteiger partial charge in [-0.15, -0.1) is 11.3 Å². The molecule has 0 radical (unpaired) electrons. The number of halogens is 1. The lowest BCUT2D eigenvalue weighted by Gasteiger charge is -2.31. The van der Waals surface area contributed by atoms with E-state index >= 15 is 0 Å². The lowest BCUT2D eigenvalue weighted by atomic mass is 9.97. The molecule has 1 amide bonds. The number of hydrogen-bond acceptors (Lipinski definition) is 8. The van der Waals surface area contributed by atoms with Gasteiger partial charge in [0.1, 0.15) is 4.75 Å². The van der Waals surface area contributed by atoms with Gasteiger partial charge in [0.05, 0.1) is 16.0 Å².